The summed E-state index contributed by atoms with van der Waals surface area (Å²) in [6, 6.07) is 0. The number of esters is 6. The van der Waals surface area contributed by atoms with Crippen LogP contribution < -0.4 is 0 Å². The van der Waals surface area contributed by atoms with Crippen LogP contribution in [0.25, 0.3) is 0 Å². The molecule has 7 heterocycles. The van der Waals surface area contributed by atoms with E-state index in [1.807, 2.05) is 0 Å². The number of ether oxygens (including phenoxy) is 14. The molecule has 127 heavy (non-hydrogen) atoms. The summed E-state index contributed by atoms with van der Waals surface area (Å²) in [7, 11) is -2.36. The molecule has 7 fully saturated rings. The maximum absolute atomic E-state index is 14.7. The average molecular weight is 1830 g/mol. The summed E-state index contributed by atoms with van der Waals surface area (Å²) < 4.78 is 100. The predicted molar refractivity (Wildman–Crippen MR) is 486 cm³/mol. The van der Waals surface area contributed by atoms with Crippen molar-refractivity contribution in [2.75, 3.05) is 40.6 Å². The Morgan fingerprint density at radius 3 is 1.82 bits per heavy atom. The van der Waals surface area contributed by atoms with Gasteiger partial charge in [0.25, 0.3) is 0 Å². The van der Waals surface area contributed by atoms with E-state index in [0.29, 0.717) is 69.4 Å². The first-order chi connectivity index (χ1) is 59.7. The number of cyclic esters (lactones) is 1. The predicted octanol–water partition coefficient (Wildman–Crippen LogP) is 17.4. The fraction of sp³-hybridized carbons (Fsp3) is 0.847. The molecule has 1 unspecified atom stereocenters. The number of allylic oxidation sites excluding steroid dienone is 1. The Kier molecular flexibility index (Phi) is 43.1. The second kappa shape index (κ2) is 50.1. The van der Waals surface area contributed by atoms with Crippen molar-refractivity contribution in [3.63, 3.8) is 0 Å². The third-order valence-corrected chi connectivity index (χ3v) is 37.1. The molecule has 0 aromatic carbocycles. The Labute approximate surface area is 761 Å². The summed E-state index contributed by atoms with van der Waals surface area (Å²) in [6.45, 7) is 40.2. The first-order valence-corrected chi connectivity index (χ1v) is 54.0. The number of aldehydes is 1. The van der Waals surface area contributed by atoms with Crippen LogP contribution in [0.4, 0.5) is 0 Å². The molecule has 27 nitrogen and oxygen atoms in total. The van der Waals surface area contributed by atoms with Crippen LogP contribution in [0.1, 0.15) is 316 Å². The molecule has 29 heteroatoms. The van der Waals surface area contributed by atoms with Gasteiger partial charge in [0.05, 0.1) is 115 Å². The summed E-state index contributed by atoms with van der Waals surface area (Å²) >= 11 is 0. The maximum Gasteiger partial charge on any atom is 0.330 e. The van der Waals surface area contributed by atoms with E-state index in [4.69, 9.17) is 75.2 Å². The van der Waals surface area contributed by atoms with E-state index in [1.165, 1.54) is 44.9 Å². The molecule has 20 atom stereocenters. The Balaban J connectivity index is 0.000000376. The molecular formula is C98H166O27Si2. The van der Waals surface area contributed by atoms with Gasteiger partial charge in [0, 0.05) is 67.4 Å². The lowest BCUT2D eigenvalue weighted by Gasteiger charge is -2.51. The van der Waals surface area contributed by atoms with Gasteiger partial charge in [-0.3, -0.25) is 24.0 Å². The average Bonchev–Trinajstić information content (AvgIpc) is 0.744. The molecule has 0 amide bonds. The Morgan fingerprint density at radius 2 is 1.21 bits per heavy atom. The third-order valence-electron chi connectivity index (χ3n) is 28.1. The number of hydrogen-bond donors (Lipinski definition) is 4. The Hall–Kier alpha value is -4.68. The van der Waals surface area contributed by atoms with Crippen molar-refractivity contribution in [1.82, 2.24) is 0 Å². The lowest BCUT2D eigenvalue weighted by molar-refractivity contribution is -0.342. The number of carbonyl (C=O) groups is 7. The highest BCUT2D eigenvalue weighted by molar-refractivity contribution is 6.74. The lowest BCUT2D eigenvalue weighted by atomic mass is 9.72. The number of hydrogen-bond acceptors (Lipinski definition) is 27. The highest BCUT2D eigenvalue weighted by atomic mass is 28.4. The van der Waals surface area contributed by atoms with Crippen LogP contribution >= 0.6 is 0 Å². The van der Waals surface area contributed by atoms with Crippen molar-refractivity contribution in [2.24, 2.45) is 28.6 Å². The molecule has 8 rings (SSSR count). The van der Waals surface area contributed by atoms with Gasteiger partial charge in [-0.15, -0.1) is 0 Å². The molecule has 0 aromatic rings. The van der Waals surface area contributed by atoms with Crippen LogP contribution in [0.2, 0.25) is 36.3 Å². The van der Waals surface area contributed by atoms with Crippen molar-refractivity contribution >= 4 is 58.7 Å². The lowest BCUT2D eigenvalue weighted by Crippen LogP contribution is -2.62. The molecule has 728 valence electrons. The van der Waals surface area contributed by atoms with Crippen LogP contribution in [-0.2, 0) is 109 Å². The van der Waals surface area contributed by atoms with Crippen molar-refractivity contribution in [2.45, 2.75) is 461 Å². The summed E-state index contributed by atoms with van der Waals surface area (Å²) in [6.07, 6.45) is 21.3. The molecule has 6 bridgehead atoms. The normalized spacial score (nSPS) is 32.3. The van der Waals surface area contributed by atoms with Crippen LogP contribution in [-0.4, -0.2) is 229 Å². The van der Waals surface area contributed by atoms with Gasteiger partial charge in [-0.05, 0) is 174 Å². The minimum Gasteiger partial charge on any atom is -0.466 e. The Bertz CT molecular complexity index is 3560. The number of fused-ring (bicyclic) bond motifs is 6. The SMILES string of the molecule is CCCCCCCC(=O)O[C@H]1/C(=C/C(=O)OC)C[C@@H](C[C@H](CO[Si](C)(C)C(C)(C)C)OC(=O)C[C@@H](C[C@@H]2CCC[C@H](C[C@@H]3CCOC4(C[C@H](C)CC[C@H]4C(C)C)O3)O2)O[Si](C)(C)C(C)(C)C)O[C@@]1(O)C(C)(C)/C=C/C=O.CCCCCCCC(=O)O[C@H]1/C(=C/C(=O)OC)C[C@H]2C[C@H](CO)OC(=O)C[C@H](O)C[C@@H]3CCC[C@H](C[C@@H]4CCO[C@H](/C=C/C(C)(C)[C@]1(O)O2)O4)O3. The van der Waals surface area contributed by atoms with Gasteiger partial charge in [0.1, 0.15) is 18.5 Å². The minimum absolute atomic E-state index is 0.000953. The van der Waals surface area contributed by atoms with Crippen LogP contribution in [0.3, 0.4) is 0 Å². The molecule has 7 aliphatic heterocycles. The highest BCUT2D eigenvalue weighted by Gasteiger charge is 2.60. The third kappa shape index (κ3) is 32.8. The van der Waals surface area contributed by atoms with Crippen molar-refractivity contribution < 1.29 is 129 Å². The van der Waals surface area contributed by atoms with Crippen molar-refractivity contribution in [1.29, 1.82) is 0 Å². The standard InChI is InChI=1S/C60H106O14Si2.C38H60O13/c1-18-19-20-21-22-27-52(62)71-55-44(35-53(63)66-13)34-48(73-60(55,65)58(11,12)31-24-32-61)38-50(41-68-75(14,15)56(5,6)7)70-54(64)39-49(74-76(16,17)57(8,9)10)37-46-26-23-25-45(69-46)36-47-30-33-67-59(72-47)40-43(4)28-29-51(59)42(2)3;1-5-6-7-8-9-13-32(41)50-36-25(19-33(42)45-4)18-30-23-31(24-39)48-34(43)21-26(40)20-27-11-10-12-28(47-27)22-29-15-17-46-35(49-29)14-16-37(2,3)38(36,44)51-30/h24,31-32,35,42-43,45-51,55,65H,18-23,25-30,33-34,36-41H2,1-17H3;14,16,19,26-31,35-36,39-40,44H,5-13,15,17-18,20-24H2,1-4H3/b31-24+,44-35+;16-14+,25-19+/t43-,45-,46+,47+,48+,49-,50-,51+,55+,59?,60-;26-,27+,28-,29+,30+,31-,35+,36+,38-/m11/s1. The van der Waals surface area contributed by atoms with Gasteiger partial charge in [-0.25, -0.2) is 9.59 Å². The Morgan fingerprint density at radius 1 is 0.622 bits per heavy atom. The van der Waals surface area contributed by atoms with Crippen LogP contribution in [0.5, 0.6) is 0 Å². The van der Waals surface area contributed by atoms with Crippen molar-refractivity contribution in [3.05, 3.63) is 47.6 Å². The van der Waals surface area contributed by atoms with E-state index >= 15 is 0 Å². The number of unbranched alkanes of at least 4 members (excludes halogenated alkanes) is 8. The zero-order valence-electron chi connectivity index (χ0n) is 81.3. The molecule has 1 saturated carbocycles. The first kappa shape index (κ1) is 109. The first-order valence-electron chi connectivity index (χ1n) is 48.1. The van der Waals surface area contributed by atoms with E-state index in [1.54, 1.807) is 39.8 Å². The molecule has 1 aliphatic carbocycles. The van der Waals surface area contributed by atoms with Gasteiger partial charge in [0.15, 0.2) is 40.9 Å². The monoisotopic (exact) mass is 1830 g/mol. The van der Waals surface area contributed by atoms with E-state index in [9.17, 15) is 54.0 Å². The number of rotatable bonds is 35. The molecule has 8 aliphatic rings. The molecule has 6 saturated heterocycles. The van der Waals surface area contributed by atoms with Gasteiger partial charge in [0.2, 0.25) is 11.6 Å². The second-order valence-electron chi connectivity index (χ2n) is 41.9. The number of aliphatic hydroxyl groups excluding tert-OH is 2. The second-order valence-corrected chi connectivity index (χ2v) is 51.5. The quantitative estimate of drug-likeness (QED) is 0.00871. The summed E-state index contributed by atoms with van der Waals surface area (Å²) in [4.78, 5) is 91.9. The maximum atomic E-state index is 14.7. The van der Waals surface area contributed by atoms with Crippen molar-refractivity contribution in [3.8, 4) is 0 Å². The number of carbonyl (C=O) groups excluding carboxylic acids is 7. The van der Waals surface area contributed by atoms with Crippen LogP contribution in [0, 0.1) is 28.6 Å². The number of aliphatic hydroxyl groups is 4. The van der Waals surface area contributed by atoms with Gasteiger partial charge >= 0.3 is 35.8 Å². The van der Waals surface area contributed by atoms with Gasteiger partial charge < -0.3 is 95.6 Å². The summed E-state index contributed by atoms with van der Waals surface area (Å²) in [5.41, 5.74) is -2.12. The van der Waals surface area contributed by atoms with E-state index in [2.05, 4.69) is 102 Å². The zero-order chi connectivity index (χ0) is 93.9. The van der Waals surface area contributed by atoms with Gasteiger partial charge in [-0.1, -0.05) is 174 Å². The zero-order valence-corrected chi connectivity index (χ0v) is 83.3. The topological polar surface area (TPSA) is 348 Å². The van der Waals surface area contributed by atoms with E-state index < -0.39 is 142 Å². The largest absolute Gasteiger partial charge is 0.466 e. The molecule has 0 radical (unpaired) electrons. The van der Waals surface area contributed by atoms with Crippen LogP contribution in [0.15, 0.2) is 47.6 Å². The molecular weight excluding hydrogens is 1670 g/mol. The van der Waals surface area contributed by atoms with Gasteiger partial charge in [-0.2, -0.15) is 0 Å². The summed E-state index contributed by atoms with van der Waals surface area (Å²) in [5, 5.41) is 46.2. The molecule has 0 aromatic heterocycles. The molecule has 4 N–H and O–H groups in total. The van der Waals surface area contributed by atoms with E-state index in [-0.39, 0.29) is 122 Å². The fourth-order valence-corrected chi connectivity index (χ4v) is 20.9. The van der Waals surface area contributed by atoms with E-state index in [0.717, 1.165) is 116 Å². The minimum atomic E-state index is -2.42. The summed E-state index contributed by atoms with van der Waals surface area (Å²) in [5.74, 6) is -7.39. The highest BCUT2D eigenvalue weighted by Crippen LogP contribution is 2.52. The molecule has 1 spiro atoms. The number of methoxy groups -OCH3 is 2. The smallest absolute Gasteiger partial charge is 0.330 e. The fourth-order valence-electron chi connectivity index (χ4n) is 18.5.